The van der Waals surface area contributed by atoms with Gasteiger partial charge in [0, 0.05) is 5.56 Å². The van der Waals surface area contributed by atoms with Crippen LogP contribution >= 0.6 is 0 Å². The number of amides is 1. The van der Waals surface area contributed by atoms with Crippen LogP contribution < -0.4 is 4.74 Å². The molecule has 3 aromatic rings. The molecule has 1 N–H and O–H groups in total. The highest BCUT2D eigenvalue weighted by Crippen LogP contribution is 2.24. The van der Waals surface area contributed by atoms with Crippen molar-refractivity contribution in [2.75, 3.05) is 0 Å². The molecule has 1 heterocycles. The molecule has 138 valence electrons. The molecule has 0 fully saturated rings. The molecule has 0 aliphatic heterocycles. The average Bonchev–Trinajstić information content (AvgIpc) is 3.11. The number of rotatable bonds is 5. The molecule has 7 nitrogen and oxygen atoms in total. The van der Waals surface area contributed by atoms with Crippen LogP contribution in [0, 0.1) is 5.53 Å². The van der Waals surface area contributed by atoms with E-state index in [-0.39, 0.29) is 12.2 Å². The monoisotopic (exact) mass is 375 g/mol. The Morgan fingerprint density at radius 3 is 2.37 bits per heavy atom. The Balaban J connectivity index is 1.74. The van der Waals surface area contributed by atoms with E-state index >= 15 is 0 Å². The summed E-state index contributed by atoms with van der Waals surface area (Å²) >= 11 is 0. The summed E-state index contributed by atoms with van der Waals surface area (Å²) in [5.41, 5.74) is 8.59. The number of carbonyl (C=O) groups excluding carboxylic acids is 1. The van der Waals surface area contributed by atoms with Gasteiger partial charge < -0.3 is 4.74 Å². The maximum Gasteiger partial charge on any atom is 0.573 e. The molecule has 0 bridgehead atoms. The van der Waals surface area contributed by atoms with Crippen molar-refractivity contribution in [3.05, 3.63) is 60.4 Å². The van der Waals surface area contributed by atoms with Gasteiger partial charge in [0.15, 0.2) is 5.82 Å². The predicted octanol–water partition coefficient (Wildman–Crippen LogP) is 3.93. The highest BCUT2D eigenvalue weighted by Gasteiger charge is 2.30. The normalized spacial score (nSPS) is 11.2. The number of nitrogens with one attached hydrogen (secondary N) is 1. The van der Waals surface area contributed by atoms with Gasteiger partial charge in [-0.3, -0.25) is 4.79 Å². The Labute approximate surface area is 150 Å². The molecule has 10 heteroatoms. The maximum atomic E-state index is 12.2. The van der Waals surface area contributed by atoms with Crippen LogP contribution in [0.3, 0.4) is 0 Å². The molecule has 0 saturated heterocycles. The first-order valence-electron chi connectivity index (χ1n) is 7.61. The summed E-state index contributed by atoms with van der Waals surface area (Å²) in [6.07, 6.45) is -3.27. The largest absolute Gasteiger partial charge is 0.573 e. The smallest absolute Gasteiger partial charge is 0.406 e. The Hall–Kier alpha value is -3.56. The zero-order valence-electron chi connectivity index (χ0n) is 13.6. The second-order valence-electron chi connectivity index (χ2n) is 5.43. The number of halogens is 3. The van der Waals surface area contributed by atoms with Gasteiger partial charge in [0.1, 0.15) is 12.1 Å². The fraction of sp³-hybridized carbons (Fsp3) is 0.118. The summed E-state index contributed by atoms with van der Waals surface area (Å²) in [4.78, 5) is 15.3. The van der Waals surface area contributed by atoms with Gasteiger partial charge in [0.25, 0.3) is 5.91 Å². The summed E-state index contributed by atoms with van der Waals surface area (Å²) in [5, 5.41) is 7.13. The van der Waals surface area contributed by atoms with Crippen molar-refractivity contribution >= 4 is 5.91 Å². The Morgan fingerprint density at radius 2 is 1.78 bits per heavy atom. The van der Waals surface area contributed by atoms with Gasteiger partial charge >= 0.3 is 6.36 Å². The molecule has 1 aromatic heterocycles. The number of carbonyl (C=O) groups is 1. The molecule has 0 aliphatic rings. The highest BCUT2D eigenvalue weighted by atomic mass is 19.4. The van der Waals surface area contributed by atoms with Crippen LogP contribution in [0.4, 0.5) is 13.2 Å². The minimum Gasteiger partial charge on any atom is -0.406 e. The first-order valence-corrected chi connectivity index (χ1v) is 7.61. The van der Waals surface area contributed by atoms with E-state index in [1.165, 1.54) is 35.3 Å². The quantitative estimate of drug-likeness (QED) is 0.684. The van der Waals surface area contributed by atoms with Gasteiger partial charge in [-0.1, -0.05) is 24.3 Å². The number of ether oxygens (including phenoxy) is 1. The maximum absolute atomic E-state index is 12.2. The molecule has 27 heavy (non-hydrogen) atoms. The molecule has 0 aliphatic carbocycles. The van der Waals surface area contributed by atoms with Crippen molar-refractivity contribution in [3.63, 3.8) is 0 Å². The second-order valence-corrected chi connectivity index (χ2v) is 5.43. The molecule has 0 unspecified atom stereocenters. The third-order valence-electron chi connectivity index (χ3n) is 3.52. The van der Waals surface area contributed by atoms with Crippen molar-refractivity contribution in [2.24, 2.45) is 5.11 Å². The Bertz CT molecular complexity index is 950. The summed E-state index contributed by atoms with van der Waals surface area (Å²) in [6, 6.07) is 12.1. The lowest BCUT2D eigenvalue weighted by atomic mass is 10.1. The van der Waals surface area contributed by atoms with Gasteiger partial charge in [0.05, 0.1) is 12.1 Å². The minimum atomic E-state index is -4.74. The molecular formula is C17H12F3N5O2. The molecule has 2 aromatic carbocycles. The zero-order valence-corrected chi connectivity index (χ0v) is 13.6. The van der Waals surface area contributed by atoms with Crippen LogP contribution in [0.25, 0.3) is 17.1 Å². The van der Waals surface area contributed by atoms with Gasteiger partial charge in [-0.05, 0) is 29.8 Å². The summed E-state index contributed by atoms with van der Waals surface area (Å²) in [6.45, 7) is 0. The predicted molar refractivity (Wildman–Crippen MR) is 87.3 cm³/mol. The number of hydrogen-bond acceptors (Lipinski definition) is 5. The summed E-state index contributed by atoms with van der Waals surface area (Å²) < 4.78 is 41.8. The standard InChI is InChI=1S/C17H12F3N5O2/c18-17(19,20)27-14-7-5-13(6-8-14)25-10-22-16(24-25)12-3-1-11(2-4-12)9-15(26)23-21/h1-8,10,21H,9H2. The van der Waals surface area contributed by atoms with E-state index in [9.17, 15) is 18.0 Å². The van der Waals surface area contributed by atoms with Gasteiger partial charge in [-0.25, -0.2) is 15.2 Å². The SMILES string of the molecule is N=NC(=O)Cc1ccc(-c2ncn(-c3ccc(OC(F)(F)F)cc3)n2)cc1. The van der Waals surface area contributed by atoms with Crippen LogP contribution in [0.5, 0.6) is 5.75 Å². The van der Waals surface area contributed by atoms with Gasteiger partial charge in [-0.15, -0.1) is 23.4 Å². The Kier molecular flexibility index (Phi) is 4.97. The number of nitrogens with zero attached hydrogens (tertiary/aromatic N) is 4. The van der Waals surface area contributed by atoms with E-state index in [0.29, 0.717) is 22.6 Å². The number of aromatic nitrogens is 3. The lowest BCUT2D eigenvalue weighted by Crippen LogP contribution is -2.17. The molecule has 3 rings (SSSR count). The summed E-state index contributed by atoms with van der Waals surface area (Å²) in [5.74, 6) is -0.451. The summed E-state index contributed by atoms with van der Waals surface area (Å²) in [7, 11) is 0. The minimum absolute atomic E-state index is 0.0397. The van der Waals surface area contributed by atoms with E-state index in [1.807, 2.05) is 0 Å². The van der Waals surface area contributed by atoms with Crippen molar-refractivity contribution in [2.45, 2.75) is 12.8 Å². The van der Waals surface area contributed by atoms with E-state index in [2.05, 4.69) is 19.9 Å². The zero-order chi connectivity index (χ0) is 19.4. The van der Waals surface area contributed by atoms with Crippen LogP contribution in [-0.2, 0) is 11.2 Å². The molecule has 0 spiro atoms. The number of alkyl halides is 3. The molecule has 0 atom stereocenters. The van der Waals surface area contributed by atoms with Crippen LogP contribution in [0.2, 0.25) is 0 Å². The lowest BCUT2D eigenvalue weighted by Gasteiger charge is -2.09. The Morgan fingerprint density at radius 1 is 1.11 bits per heavy atom. The van der Waals surface area contributed by atoms with Crippen LogP contribution in [-0.4, -0.2) is 27.0 Å². The second kappa shape index (κ2) is 7.36. The van der Waals surface area contributed by atoms with Crippen molar-refractivity contribution < 1.29 is 22.7 Å². The van der Waals surface area contributed by atoms with E-state index in [1.54, 1.807) is 24.3 Å². The molecule has 1 amide bonds. The van der Waals surface area contributed by atoms with E-state index < -0.39 is 12.3 Å². The first kappa shape index (κ1) is 18.2. The third kappa shape index (κ3) is 4.75. The number of benzene rings is 2. The molecule has 0 saturated carbocycles. The lowest BCUT2D eigenvalue weighted by molar-refractivity contribution is -0.274. The van der Waals surface area contributed by atoms with E-state index in [0.717, 1.165) is 0 Å². The van der Waals surface area contributed by atoms with Crippen LogP contribution in [0.1, 0.15) is 5.56 Å². The highest BCUT2D eigenvalue weighted by molar-refractivity contribution is 5.78. The average molecular weight is 375 g/mol. The van der Waals surface area contributed by atoms with Crippen molar-refractivity contribution in [1.29, 1.82) is 5.53 Å². The number of hydrogen-bond donors (Lipinski definition) is 1. The van der Waals surface area contributed by atoms with E-state index in [4.69, 9.17) is 5.53 Å². The van der Waals surface area contributed by atoms with Crippen LogP contribution in [0.15, 0.2) is 60.0 Å². The molecular weight excluding hydrogens is 363 g/mol. The van der Waals surface area contributed by atoms with Gasteiger partial charge in [0.2, 0.25) is 0 Å². The third-order valence-corrected chi connectivity index (χ3v) is 3.52. The van der Waals surface area contributed by atoms with Gasteiger partial charge in [-0.2, -0.15) is 0 Å². The molecule has 0 radical (unpaired) electrons. The fourth-order valence-corrected chi connectivity index (χ4v) is 2.31. The van der Waals surface area contributed by atoms with Crippen molar-refractivity contribution in [1.82, 2.24) is 14.8 Å². The fourth-order valence-electron chi connectivity index (χ4n) is 2.31. The first-order chi connectivity index (χ1) is 12.8. The topological polar surface area (TPSA) is 93.2 Å². The van der Waals surface area contributed by atoms with Crippen molar-refractivity contribution in [3.8, 4) is 22.8 Å².